The molecule has 0 radical (unpaired) electrons. The topological polar surface area (TPSA) is 21.6 Å². The average Bonchev–Trinajstić information content (AvgIpc) is 1.83. The van der Waals surface area contributed by atoms with Crippen molar-refractivity contribution in [1.82, 2.24) is 0 Å². The van der Waals surface area contributed by atoms with E-state index in [4.69, 9.17) is 4.84 Å². The minimum absolute atomic E-state index is 0.125. The van der Waals surface area contributed by atoms with E-state index in [0.29, 0.717) is 5.92 Å². The summed E-state index contributed by atoms with van der Waals surface area (Å²) in [6, 6.07) is 0. The molecule has 0 spiro atoms. The number of hydrogen-bond acceptors (Lipinski definition) is 2. The number of oxime groups is 1. The van der Waals surface area contributed by atoms with Gasteiger partial charge in [0.2, 0.25) is 0 Å². The Morgan fingerprint density at radius 1 is 1.33 bits per heavy atom. The summed E-state index contributed by atoms with van der Waals surface area (Å²) < 4.78 is 0. The van der Waals surface area contributed by atoms with E-state index in [1.165, 1.54) is 0 Å². The molecule has 2 nitrogen and oxygen atoms in total. The first-order valence-corrected chi connectivity index (χ1v) is 4.48. The molecule has 0 saturated carbocycles. The Kier molecular flexibility index (Phi) is 4.29. The van der Waals surface area contributed by atoms with Gasteiger partial charge >= 0.3 is 0 Å². The lowest BCUT2D eigenvalue weighted by Gasteiger charge is -2.21. The molecule has 0 rings (SSSR count). The minimum Gasteiger partial charge on any atom is -0.399 e. The monoisotopic (exact) mass is 171 g/mol. The van der Waals surface area contributed by atoms with E-state index in [-0.39, 0.29) is 5.41 Å². The highest BCUT2D eigenvalue weighted by Crippen LogP contribution is 2.21. The Hall–Kier alpha value is -0.530. The second-order valence-corrected chi connectivity index (χ2v) is 4.57. The van der Waals surface area contributed by atoms with Gasteiger partial charge in [-0.3, -0.25) is 0 Å². The van der Waals surface area contributed by atoms with Crippen molar-refractivity contribution in [2.45, 2.75) is 41.0 Å². The van der Waals surface area contributed by atoms with Crippen molar-refractivity contribution in [2.75, 3.05) is 7.11 Å². The van der Waals surface area contributed by atoms with E-state index >= 15 is 0 Å². The summed E-state index contributed by atoms with van der Waals surface area (Å²) >= 11 is 0. The van der Waals surface area contributed by atoms with Crippen molar-refractivity contribution in [3.63, 3.8) is 0 Å². The molecule has 0 aliphatic heterocycles. The molecule has 0 fully saturated rings. The largest absolute Gasteiger partial charge is 0.399 e. The first-order valence-electron chi connectivity index (χ1n) is 4.48. The smallest absolute Gasteiger partial charge is 0.106 e. The third-order valence-corrected chi connectivity index (χ3v) is 1.67. The molecular formula is C10H21NO. The predicted molar refractivity (Wildman–Crippen MR) is 53.4 cm³/mol. The molecule has 0 aromatic carbocycles. The van der Waals surface area contributed by atoms with E-state index in [1.54, 1.807) is 7.11 Å². The standard InChI is InChI=1S/C10H21NO/c1-8(2)7-9(11-12-6)10(3,4)5/h8H,7H2,1-6H3/b11-9-. The Morgan fingerprint density at radius 3 is 2.08 bits per heavy atom. The summed E-state index contributed by atoms with van der Waals surface area (Å²) in [6.07, 6.45) is 1.01. The molecule has 0 unspecified atom stereocenters. The minimum atomic E-state index is 0.125. The highest BCUT2D eigenvalue weighted by Gasteiger charge is 2.20. The van der Waals surface area contributed by atoms with Crippen LogP contribution < -0.4 is 0 Å². The van der Waals surface area contributed by atoms with Crippen molar-refractivity contribution in [3.05, 3.63) is 0 Å². The van der Waals surface area contributed by atoms with E-state index in [2.05, 4.69) is 39.8 Å². The van der Waals surface area contributed by atoms with Crippen LogP contribution in [0.1, 0.15) is 41.0 Å². The van der Waals surface area contributed by atoms with Crippen molar-refractivity contribution < 1.29 is 4.84 Å². The second kappa shape index (κ2) is 4.48. The van der Waals surface area contributed by atoms with Gasteiger partial charge in [-0.2, -0.15) is 0 Å². The quantitative estimate of drug-likeness (QED) is 0.472. The van der Waals surface area contributed by atoms with E-state index in [1.807, 2.05) is 0 Å². The zero-order valence-electron chi connectivity index (χ0n) is 9.14. The lowest BCUT2D eigenvalue weighted by Crippen LogP contribution is -2.22. The van der Waals surface area contributed by atoms with Crippen LogP contribution in [0.2, 0.25) is 0 Å². The summed E-state index contributed by atoms with van der Waals surface area (Å²) in [5, 5.41) is 4.05. The SMILES string of the molecule is CO/N=C(/CC(C)C)C(C)(C)C. The van der Waals surface area contributed by atoms with Crippen molar-refractivity contribution in [3.8, 4) is 0 Å². The van der Waals surface area contributed by atoms with Crippen LogP contribution in [-0.2, 0) is 4.84 Å². The Bertz CT molecular complexity index is 154. The fourth-order valence-corrected chi connectivity index (χ4v) is 0.977. The summed E-state index contributed by atoms with van der Waals surface area (Å²) in [6.45, 7) is 10.9. The first kappa shape index (κ1) is 11.5. The van der Waals surface area contributed by atoms with E-state index in [9.17, 15) is 0 Å². The van der Waals surface area contributed by atoms with Crippen molar-refractivity contribution in [2.24, 2.45) is 16.5 Å². The van der Waals surface area contributed by atoms with Gasteiger partial charge in [-0.25, -0.2) is 0 Å². The number of hydrogen-bond donors (Lipinski definition) is 0. The average molecular weight is 171 g/mol. The van der Waals surface area contributed by atoms with Gasteiger partial charge in [0.15, 0.2) is 0 Å². The summed E-state index contributed by atoms with van der Waals surface area (Å²) in [4.78, 5) is 4.82. The van der Waals surface area contributed by atoms with Gasteiger partial charge in [0.05, 0.1) is 5.71 Å². The molecular weight excluding hydrogens is 150 g/mol. The van der Waals surface area contributed by atoms with Gasteiger partial charge in [-0.15, -0.1) is 0 Å². The van der Waals surface area contributed by atoms with Crippen LogP contribution in [0.4, 0.5) is 0 Å². The third kappa shape index (κ3) is 4.37. The summed E-state index contributed by atoms with van der Waals surface area (Å²) in [5.41, 5.74) is 1.26. The summed E-state index contributed by atoms with van der Waals surface area (Å²) in [5.74, 6) is 0.637. The van der Waals surface area contributed by atoms with Crippen LogP contribution in [0, 0.1) is 11.3 Å². The highest BCUT2D eigenvalue weighted by molar-refractivity contribution is 5.88. The molecule has 0 aliphatic carbocycles. The Balaban J connectivity index is 4.35. The van der Waals surface area contributed by atoms with Crippen molar-refractivity contribution >= 4 is 5.71 Å². The molecule has 0 amide bonds. The maximum Gasteiger partial charge on any atom is 0.106 e. The molecule has 0 atom stereocenters. The normalized spacial score (nSPS) is 13.8. The zero-order valence-corrected chi connectivity index (χ0v) is 9.14. The highest BCUT2D eigenvalue weighted by atomic mass is 16.6. The van der Waals surface area contributed by atoms with E-state index < -0.39 is 0 Å². The molecule has 0 bridgehead atoms. The van der Waals surface area contributed by atoms with Gasteiger partial charge < -0.3 is 4.84 Å². The van der Waals surface area contributed by atoms with Crippen LogP contribution >= 0.6 is 0 Å². The van der Waals surface area contributed by atoms with Gasteiger partial charge in [-0.1, -0.05) is 39.8 Å². The van der Waals surface area contributed by atoms with E-state index in [0.717, 1.165) is 12.1 Å². The molecule has 0 saturated heterocycles. The molecule has 0 aromatic rings. The number of nitrogens with zero attached hydrogens (tertiary/aromatic N) is 1. The molecule has 2 heteroatoms. The zero-order chi connectivity index (χ0) is 9.78. The van der Waals surface area contributed by atoms with Crippen LogP contribution in [0.3, 0.4) is 0 Å². The van der Waals surface area contributed by atoms with Crippen LogP contribution in [0.15, 0.2) is 5.16 Å². The fraction of sp³-hybridized carbons (Fsp3) is 0.900. The second-order valence-electron chi connectivity index (χ2n) is 4.57. The molecule has 0 aliphatic rings. The molecule has 0 N–H and O–H groups in total. The van der Waals surface area contributed by atoms with Gasteiger partial charge in [0.25, 0.3) is 0 Å². The lowest BCUT2D eigenvalue weighted by molar-refractivity contribution is 0.207. The predicted octanol–water partition coefficient (Wildman–Crippen LogP) is 3.08. The Labute approximate surface area is 76.0 Å². The third-order valence-electron chi connectivity index (χ3n) is 1.67. The Morgan fingerprint density at radius 2 is 1.83 bits per heavy atom. The maximum atomic E-state index is 4.82. The lowest BCUT2D eigenvalue weighted by atomic mass is 9.85. The maximum absolute atomic E-state index is 4.82. The van der Waals surface area contributed by atoms with Crippen LogP contribution in [-0.4, -0.2) is 12.8 Å². The number of rotatable bonds is 3. The molecule has 0 aromatic heterocycles. The van der Waals surface area contributed by atoms with Crippen molar-refractivity contribution in [1.29, 1.82) is 0 Å². The molecule has 0 heterocycles. The van der Waals surface area contributed by atoms with Gasteiger partial charge in [0, 0.05) is 5.41 Å². The first-order chi connectivity index (χ1) is 5.38. The molecule has 72 valence electrons. The van der Waals surface area contributed by atoms with Gasteiger partial charge in [0.1, 0.15) is 7.11 Å². The molecule has 12 heavy (non-hydrogen) atoms. The fourth-order valence-electron chi connectivity index (χ4n) is 0.977. The summed E-state index contributed by atoms with van der Waals surface area (Å²) in [7, 11) is 1.60. The van der Waals surface area contributed by atoms with Crippen LogP contribution in [0.5, 0.6) is 0 Å². The van der Waals surface area contributed by atoms with Crippen LogP contribution in [0.25, 0.3) is 0 Å². The van der Waals surface area contributed by atoms with Gasteiger partial charge in [-0.05, 0) is 12.3 Å².